The molecule has 2 rings (SSSR count). The summed E-state index contributed by atoms with van der Waals surface area (Å²) < 4.78 is 1.16. The molecule has 90 valence electrons. The van der Waals surface area contributed by atoms with Crippen molar-refractivity contribution in [3.8, 4) is 0 Å². The van der Waals surface area contributed by atoms with Gasteiger partial charge in [-0.3, -0.25) is 4.98 Å². The summed E-state index contributed by atoms with van der Waals surface area (Å²) in [5, 5.41) is 5.70. The molecule has 0 spiro atoms. The average Bonchev–Trinajstić information content (AvgIpc) is 2.77. The van der Waals surface area contributed by atoms with Gasteiger partial charge in [-0.1, -0.05) is 0 Å². The maximum absolute atomic E-state index is 4.04. The van der Waals surface area contributed by atoms with Gasteiger partial charge in [0, 0.05) is 39.2 Å². The summed E-state index contributed by atoms with van der Waals surface area (Å²) in [6.07, 6.45) is 3.67. The Bertz CT molecular complexity index is 469. The van der Waals surface area contributed by atoms with Crippen LogP contribution in [0.4, 0.5) is 0 Å². The number of rotatable bonds is 4. The summed E-state index contributed by atoms with van der Waals surface area (Å²) in [4.78, 5) is 5.38. The maximum atomic E-state index is 4.04. The molecule has 0 aliphatic rings. The first-order chi connectivity index (χ1) is 8.16. The highest BCUT2D eigenvalue weighted by molar-refractivity contribution is 9.10. The van der Waals surface area contributed by atoms with Crippen molar-refractivity contribution in [1.82, 2.24) is 10.3 Å². The highest BCUT2D eigenvalue weighted by atomic mass is 79.9. The van der Waals surface area contributed by atoms with E-state index in [0.29, 0.717) is 12.1 Å². The van der Waals surface area contributed by atoms with E-state index in [1.54, 1.807) is 11.3 Å². The summed E-state index contributed by atoms with van der Waals surface area (Å²) in [7, 11) is 0. The number of hydrogen-bond acceptors (Lipinski definition) is 3. The molecule has 2 aromatic heterocycles. The molecule has 0 amide bonds. The Balaban J connectivity index is 2.02. The molecule has 4 heteroatoms. The summed E-state index contributed by atoms with van der Waals surface area (Å²) in [5.74, 6) is 0. The van der Waals surface area contributed by atoms with Crippen LogP contribution in [-0.2, 0) is 0 Å². The molecule has 17 heavy (non-hydrogen) atoms. The Morgan fingerprint density at radius 3 is 2.53 bits per heavy atom. The quantitative estimate of drug-likeness (QED) is 0.909. The van der Waals surface area contributed by atoms with Gasteiger partial charge in [-0.05, 0) is 53.5 Å². The first kappa shape index (κ1) is 12.7. The molecule has 1 unspecified atom stereocenters. The van der Waals surface area contributed by atoms with Crippen LogP contribution < -0.4 is 5.32 Å². The van der Waals surface area contributed by atoms with Crippen LogP contribution in [0.2, 0.25) is 0 Å². The number of nitrogens with zero attached hydrogens (tertiary/aromatic N) is 1. The largest absolute Gasteiger partial charge is 0.303 e. The van der Waals surface area contributed by atoms with Crippen LogP contribution in [0.3, 0.4) is 0 Å². The van der Waals surface area contributed by atoms with Crippen molar-refractivity contribution >= 4 is 27.3 Å². The van der Waals surface area contributed by atoms with Crippen molar-refractivity contribution in [3.63, 3.8) is 0 Å². The van der Waals surface area contributed by atoms with Crippen LogP contribution >= 0.6 is 27.3 Å². The predicted molar refractivity (Wildman–Crippen MR) is 76.2 cm³/mol. The van der Waals surface area contributed by atoms with E-state index in [2.05, 4.69) is 63.7 Å². The number of aromatic nitrogens is 1. The highest BCUT2D eigenvalue weighted by Crippen LogP contribution is 2.27. The van der Waals surface area contributed by atoms with E-state index in [1.165, 1.54) is 10.4 Å². The van der Waals surface area contributed by atoms with E-state index < -0.39 is 0 Å². The standard InChI is InChI=1S/C13H15BrN2S/c1-9(11-3-5-15-6-4-11)16-10(2)13-7-12(14)8-17-13/h3-10,16H,1-2H3/t9-,10?/m0/s1. The first-order valence-corrected chi connectivity index (χ1v) is 7.24. The third-order valence-electron chi connectivity index (χ3n) is 2.72. The van der Waals surface area contributed by atoms with E-state index in [9.17, 15) is 0 Å². The van der Waals surface area contributed by atoms with Gasteiger partial charge in [0.1, 0.15) is 0 Å². The predicted octanol–water partition coefficient (Wildman–Crippen LogP) is 4.32. The number of hydrogen-bond donors (Lipinski definition) is 1. The second kappa shape index (κ2) is 5.76. The molecule has 0 aromatic carbocycles. The molecule has 2 aromatic rings. The van der Waals surface area contributed by atoms with Crippen LogP contribution in [0, 0.1) is 0 Å². The molecule has 0 fully saturated rings. The topological polar surface area (TPSA) is 24.9 Å². The number of nitrogens with one attached hydrogen (secondary N) is 1. The zero-order chi connectivity index (χ0) is 12.3. The molecule has 0 saturated heterocycles. The lowest BCUT2D eigenvalue weighted by atomic mass is 10.1. The minimum absolute atomic E-state index is 0.328. The minimum atomic E-state index is 0.328. The second-order valence-electron chi connectivity index (χ2n) is 4.06. The second-order valence-corrected chi connectivity index (χ2v) is 5.92. The summed E-state index contributed by atoms with van der Waals surface area (Å²) >= 11 is 5.26. The SMILES string of the molecule is CC(N[C@@H](C)c1ccncc1)c1cc(Br)cs1. The third kappa shape index (κ3) is 3.37. The average molecular weight is 311 g/mol. The van der Waals surface area contributed by atoms with E-state index in [0.717, 1.165) is 4.47 Å². The van der Waals surface area contributed by atoms with Crippen LogP contribution in [0.5, 0.6) is 0 Å². The number of halogens is 1. The molecule has 0 aliphatic heterocycles. The molecule has 2 atom stereocenters. The fourth-order valence-electron chi connectivity index (χ4n) is 1.76. The highest BCUT2D eigenvalue weighted by Gasteiger charge is 2.12. The molecule has 1 N–H and O–H groups in total. The molecular weight excluding hydrogens is 296 g/mol. The van der Waals surface area contributed by atoms with Crippen LogP contribution in [0.15, 0.2) is 40.4 Å². The molecule has 2 heterocycles. The number of pyridine rings is 1. The zero-order valence-corrected chi connectivity index (χ0v) is 12.3. The number of thiophene rings is 1. The molecule has 0 saturated carbocycles. The van der Waals surface area contributed by atoms with Crippen molar-refractivity contribution in [2.45, 2.75) is 25.9 Å². The smallest absolute Gasteiger partial charge is 0.0391 e. The van der Waals surface area contributed by atoms with Crippen LogP contribution in [0.1, 0.15) is 36.4 Å². The lowest BCUT2D eigenvalue weighted by Crippen LogP contribution is -2.21. The molecule has 0 radical (unpaired) electrons. The Hall–Kier alpha value is -0.710. The zero-order valence-electron chi connectivity index (χ0n) is 9.85. The first-order valence-electron chi connectivity index (χ1n) is 5.56. The van der Waals surface area contributed by atoms with E-state index in [-0.39, 0.29) is 0 Å². The Morgan fingerprint density at radius 1 is 1.24 bits per heavy atom. The van der Waals surface area contributed by atoms with Crippen molar-refractivity contribution in [3.05, 3.63) is 50.9 Å². The molecule has 2 nitrogen and oxygen atoms in total. The van der Waals surface area contributed by atoms with E-state index in [1.807, 2.05) is 12.4 Å². The van der Waals surface area contributed by atoms with Gasteiger partial charge < -0.3 is 5.32 Å². The summed E-state index contributed by atoms with van der Waals surface area (Å²) in [5.41, 5.74) is 1.27. The summed E-state index contributed by atoms with van der Waals surface area (Å²) in [6.45, 7) is 4.37. The van der Waals surface area contributed by atoms with Gasteiger partial charge in [-0.25, -0.2) is 0 Å². The van der Waals surface area contributed by atoms with Crippen LogP contribution in [0.25, 0.3) is 0 Å². The minimum Gasteiger partial charge on any atom is -0.303 e. The third-order valence-corrected chi connectivity index (χ3v) is 4.60. The Labute approximate surface area is 114 Å². The Morgan fingerprint density at radius 2 is 1.94 bits per heavy atom. The van der Waals surface area contributed by atoms with Gasteiger partial charge in [-0.2, -0.15) is 0 Å². The molecule has 0 aliphatic carbocycles. The fraction of sp³-hybridized carbons (Fsp3) is 0.308. The van der Waals surface area contributed by atoms with Crippen molar-refractivity contribution in [2.24, 2.45) is 0 Å². The molecular formula is C13H15BrN2S. The van der Waals surface area contributed by atoms with Crippen molar-refractivity contribution < 1.29 is 0 Å². The normalized spacial score (nSPS) is 14.5. The van der Waals surface area contributed by atoms with Crippen LogP contribution in [-0.4, -0.2) is 4.98 Å². The van der Waals surface area contributed by atoms with Gasteiger partial charge in [0.2, 0.25) is 0 Å². The van der Waals surface area contributed by atoms with Gasteiger partial charge in [0.25, 0.3) is 0 Å². The van der Waals surface area contributed by atoms with E-state index >= 15 is 0 Å². The monoisotopic (exact) mass is 310 g/mol. The molecule has 0 bridgehead atoms. The van der Waals surface area contributed by atoms with Gasteiger partial charge in [-0.15, -0.1) is 11.3 Å². The van der Waals surface area contributed by atoms with Gasteiger partial charge in [0.05, 0.1) is 0 Å². The lowest BCUT2D eigenvalue weighted by molar-refractivity contribution is 0.500. The van der Waals surface area contributed by atoms with Crippen molar-refractivity contribution in [1.29, 1.82) is 0 Å². The fourth-order valence-corrected chi connectivity index (χ4v) is 3.22. The van der Waals surface area contributed by atoms with Gasteiger partial charge in [0.15, 0.2) is 0 Å². The maximum Gasteiger partial charge on any atom is 0.0391 e. The Kier molecular flexibility index (Phi) is 4.31. The van der Waals surface area contributed by atoms with Gasteiger partial charge >= 0.3 is 0 Å². The summed E-state index contributed by atoms with van der Waals surface area (Å²) in [6, 6.07) is 6.95. The van der Waals surface area contributed by atoms with E-state index in [4.69, 9.17) is 0 Å². The van der Waals surface area contributed by atoms with Crippen molar-refractivity contribution in [2.75, 3.05) is 0 Å². The lowest BCUT2D eigenvalue weighted by Gasteiger charge is -2.19.